The Morgan fingerprint density at radius 2 is 2.33 bits per heavy atom. The minimum atomic E-state index is -0.192. The summed E-state index contributed by atoms with van der Waals surface area (Å²) in [5, 5.41) is 11.6. The van der Waals surface area contributed by atoms with Crippen molar-refractivity contribution in [3.05, 3.63) is 23.9 Å². The molecule has 0 aliphatic heterocycles. The maximum atomic E-state index is 8.94. The van der Waals surface area contributed by atoms with Crippen molar-refractivity contribution in [2.75, 3.05) is 0 Å². The average molecular weight is 143 g/mol. The Hall–Kier alpha value is -0.703. The highest BCUT2D eigenvalue weighted by molar-refractivity contribution is 6.40. The van der Waals surface area contributed by atoms with Crippen molar-refractivity contribution in [2.24, 2.45) is 0 Å². The first-order valence-electron chi connectivity index (χ1n) is 2.98. The van der Waals surface area contributed by atoms with Crippen LogP contribution in [0.15, 0.2) is 23.9 Å². The van der Waals surface area contributed by atoms with E-state index >= 15 is 0 Å². The highest BCUT2D eigenvalue weighted by Gasteiger charge is 1.86. The zero-order valence-corrected chi connectivity index (χ0v) is 7.35. The molecule has 0 heterocycles. The maximum absolute atomic E-state index is 8.94. The fourth-order valence-corrected chi connectivity index (χ4v) is 0.952. The third-order valence-electron chi connectivity index (χ3n) is 0.739. The van der Waals surface area contributed by atoms with Crippen LogP contribution in [0.4, 0.5) is 0 Å². The van der Waals surface area contributed by atoms with E-state index in [-0.39, 0.29) is 15.4 Å². The molecule has 9 heavy (non-hydrogen) atoms. The molecule has 3 heteroatoms. The van der Waals surface area contributed by atoms with Gasteiger partial charge in [-0.05, 0) is 12.6 Å². The number of hydrogen-bond donors (Lipinski definition) is 2. The van der Waals surface area contributed by atoms with Gasteiger partial charge in [0.05, 0.1) is 0 Å². The predicted molar refractivity (Wildman–Crippen MR) is 43.1 cm³/mol. The Balaban J connectivity index is 3.62. The highest BCUT2D eigenvalue weighted by atomic mass is 28.2. The van der Waals surface area contributed by atoms with E-state index in [0.717, 1.165) is 5.70 Å². The molecular weight excluding hydrogens is 130 g/mol. The van der Waals surface area contributed by atoms with Crippen LogP contribution in [0.2, 0.25) is 6.55 Å². The van der Waals surface area contributed by atoms with Gasteiger partial charge < -0.3 is 10.4 Å². The summed E-state index contributed by atoms with van der Waals surface area (Å²) >= 11 is 0. The molecule has 0 aromatic heterocycles. The van der Waals surface area contributed by atoms with E-state index in [1.807, 2.05) is 5.70 Å². The van der Waals surface area contributed by atoms with Gasteiger partial charge in [0.2, 0.25) is 0 Å². The van der Waals surface area contributed by atoms with Crippen LogP contribution in [0.3, 0.4) is 0 Å². The number of hydrogen-bond acceptors (Lipinski definition) is 2. The van der Waals surface area contributed by atoms with E-state index in [1.54, 1.807) is 6.92 Å². The van der Waals surface area contributed by atoms with Crippen molar-refractivity contribution >= 4 is 9.52 Å². The third-order valence-corrected chi connectivity index (χ3v) is 1.53. The molecule has 0 bridgehead atoms. The lowest BCUT2D eigenvalue weighted by molar-refractivity contribution is 0.379. The first-order valence-corrected chi connectivity index (χ1v) is 5.21. The lowest BCUT2D eigenvalue weighted by Gasteiger charge is -2.01. The van der Waals surface area contributed by atoms with Crippen LogP contribution in [0.1, 0.15) is 6.92 Å². The van der Waals surface area contributed by atoms with Crippen molar-refractivity contribution in [1.29, 1.82) is 0 Å². The SMILES string of the molecule is C=C(C)N/C(O)=C\[SiH2]C. The van der Waals surface area contributed by atoms with Gasteiger partial charge in [0.1, 0.15) is 0 Å². The number of nitrogens with one attached hydrogen (secondary N) is 1. The Kier molecular flexibility index (Phi) is 3.87. The minimum absolute atomic E-state index is 0.192. The number of aliphatic hydroxyl groups is 1. The Labute approximate surface area is 58.1 Å². The van der Waals surface area contributed by atoms with E-state index in [4.69, 9.17) is 5.11 Å². The number of rotatable bonds is 3. The first-order chi connectivity index (χ1) is 4.16. The molecule has 0 radical (unpaired) electrons. The van der Waals surface area contributed by atoms with Crippen molar-refractivity contribution in [3.63, 3.8) is 0 Å². The van der Waals surface area contributed by atoms with Gasteiger partial charge in [-0.3, -0.25) is 0 Å². The zero-order chi connectivity index (χ0) is 7.28. The van der Waals surface area contributed by atoms with E-state index < -0.39 is 0 Å². The van der Waals surface area contributed by atoms with Crippen molar-refractivity contribution in [3.8, 4) is 0 Å². The molecule has 0 aliphatic carbocycles. The Morgan fingerprint density at radius 3 is 2.67 bits per heavy atom. The molecule has 0 spiro atoms. The Morgan fingerprint density at radius 1 is 1.78 bits per heavy atom. The summed E-state index contributed by atoms with van der Waals surface area (Å²) in [6.45, 7) is 7.48. The topological polar surface area (TPSA) is 32.3 Å². The smallest absolute Gasteiger partial charge is 0.179 e. The predicted octanol–water partition coefficient (Wildman–Crippen LogP) is 0.683. The largest absolute Gasteiger partial charge is 0.495 e. The van der Waals surface area contributed by atoms with E-state index in [0.29, 0.717) is 0 Å². The van der Waals surface area contributed by atoms with Crippen LogP contribution in [-0.4, -0.2) is 14.6 Å². The van der Waals surface area contributed by atoms with Gasteiger partial charge in [-0.15, -0.1) is 0 Å². The highest BCUT2D eigenvalue weighted by Crippen LogP contribution is 1.85. The van der Waals surface area contributed by atoms with Crippen LogP contribution in [-0.2, 0) is 0 Å². The van der Waals surface area contributed by atoms with E-state index in [2.05, 4.69) is 18.4 Å². The van der Waals surface area contributed by atoms with Crippen molar-refractivity contribution in [2.45, 2.75) is 13.5 Å². The molecule has 52 valence electrons. The van der Waals surface area contributed by atoms with Crippen molar-refractivity contribution < 1.29 is 5.11 Å². The molecule has 0 aromatic carbocycles. The summed E-state index contributed by atoms with van der Waals surface area (Å²) in [7, 11) is -0.192. The van der Waals surface area contributed by atoms with Gasteiger partial charge in [0, 0.05) is 15.2 Å². The number of aliphatic hydroxyl groups excluding tert-OH is 1. The van der Waals surface area contributed by atoms with Gasteiger partial charge in [0.25, 0.3) is 0 Å². The molecule has 2 N–H and O–H groups in total. The molecule has 0 fully saturated rings. The average Bonchev–Trinajstić information content (AvgIpc) is 1.63. The standard InChI is InChI=1S/C6H13NOSi/c1-5(2)7-6(8)4-9-3/h4,7-8H,1,9H2,2-3H3/b6-4+. The molecule has 0 aromatic rings. The summed E-state index contributed by atoms with van der Waals surface area (Å²) in [5.74, 6) is 0.247. The third kappa shape index (κ3) is 5.16. The van der Waals surface area contributed by atoms with Crippen LogP contribution >= 0.6 is 0 Å². The first kappa shape index (κ1) is 8.30. The van der Waals surface area contributed by atoms with Gasteiger partial charge in [-0.2, -0.15) is 0 Å². The molecule has 2 nitrogen and oxygen atoms in total. The minimum Gasteiger partial charge on any atom is -0.495 e. The fraction of sp³-hybridized carbons (Fsp3) is 0.333. The quantitative estimate of drug-likeness (QED) is 0.450. The van der Waals surface area contributed by atoms with Gasteiger partial charge in [-0.1, -0.05) is 13.1 Å². The summed E-state index contributed by atoms with van der Waals surface area (Å²) in [6.07, 6.45) is 0. The van der Waals surface area contributed by atoms with Crippen LogP contribution < -0.4 is 5.32 Å². The van der Waals surface area contributed by atoms with E-state index in [9.17, 15) is 0 Å². The van der Waals surface area contributed by atoms with Crippen LogP contribution in [0.25, 0.3) is 0 Å². The molecule has 0 rings (SSSR count). The van der Waals surface area contributed by atoms with Crippen LogP contribution in [0, 0.1) is 0 Å². The summed E-state index contributed by atoms with van der Waals surface area (Å²) in [4.78, 5) is 0. The molecule has 0 saturated heterocycles. The summed E-state index contributed by atoms with van der Waals surface area (Å²) < 4.78 is 0. The Bertz CT molecular complexity index is 131. The summed E-state index contributed by atoms with van der Waals surface area (Å²) in [6, 6.07) is 0. The number of allylic oxidation sites excluding steroid dienone is 1. The molecule has 0 saturated carbocycles. The molecular formula is C6H13NOSi. The van der Waals surface area contributed by atoms with Gasteiger partial charge in [-0.25, -0.2) is 0 Å². The lowest BCUT2D eigenvalue weighted by Crippen LogP contribution is -2.09. The zero-order valence-electron chi connectivity index (χ0n) is 5.94. The fourth-order valence-electron chi connectivity index (χ4n) is 0.463. The monoisotopic (exact) mass is 143 g/mol. The van der Waals surface area contributed by atoms with Crippen molar-refractivity contribution in [1.82, 2.24) is 5.32 Å². The van der Waals surface area contributed by atoms with Gasteiger partial charge in [0.15, 0.2) is 5.88 Å². The lowest BCUT2D eigenvalue weighted by atomic mass is 10.6. The normalized spacial score (nSPS) is 12.4. The van der Waals surface area contributed by atoms with Crippen LogP contribution in [0.5, 0.6) is 0 Å². The molecule has 0 aliphatic rings. The second-order valence-corrected chi connectivity index (χ2v) is 3.13. The summed E-state index contributed by atoms with van der Waals surface area (Å²) in [5.41, 5.74) is 2.60. The molecule has 0 atom stereocenters. The maximum Gasteiger partial charge on any atom is 0.179 e. The molecule has 0 unspecified atom stereocenters. The second-order valence-electron chi connectivity index (χ2n) is 1.90. The second kappa shape index (κ2) is 4.20. The van der Waals surface area contributed by atoms with Gasteiger partial charge >= 0.3 is 0 Å². The van der Waals surface area contributed by atoms with E-state index in [1.165, 1.54) is 0 Å². The molecule has 0 amide bonds.